The summed E-state index contributed by atoms with van der Waals surface area (Å²) in [6, 6.07) is 8.41. The number of hydrogen-bond acceptors (Lipinski definition) is 4. The monoisotopic (exact) mass is 265 g/mol. The third-order valence-electron chi connectivity index (χ3n) is 2.90. The van der Waals surface area contributed by atoms with Gasteiger partial charge in [0.1, 0.15) is 0 Å². The number of nitrogens with zero attached hydrogens (tertiary/aromatic N) is 1. The second-order valence-corrected chi connectivity index (χ2v) is 6.00. The summed E-state index contributed by atoms with van der Waals surface area (Å²) in [4.78, 5) is 0.246. The predicted octanol–water partition coefficient (Wildman–Crippen LogP) is 0.393. The highest BCUT2D eigenvalue weighted by Gasteiger charge is 2.22. The summed E-state index contributed by atoms with van der Waals surface area (Å²) >= 11 is 0. The molecule has 0 aromatic heterocycles. The van der Waals surface area contributed by atoms with Crippen LogP contribution >= 0.6 is 0 Å². The smallest absolute Gasteiger partial charge is 0.240 e. The van der Waals surface area contributed by atoms with Crippen LogP contribution in [0, 0.1) is 11.3 Å². The molecule has 18 heavy (non-hydrogen) atoms. The number of nitriles is 1. The van der Waals surface area contributed by atoms with E-state index in [4.69, 9.17) is 5.26 Å². The van der Waals surface area contributed by atoms with Crippen molar-refractivity contribution in [2.75, 3.05) is 13.1 Å². The molecule has 5 nitrogen and oxygen atoms in total. The zero-order valence-corrected chi connectivity index (χ0v) is 10.7. The molecular formula is C12H15N3O2S. The molecule has 96 valence electrons. The van der Waals surface area contributed by atoms with E-state index in [1.807, 2.05) is 6.07 Å². The highest BCUT2D eigenvalue weighted by Crippen LogP contribution is 2.12. The van der Waals surface area contributed by atoms with E-state index in [-0.39, 0.29) is 10.9 Å². The molecule has 1 fully saturated rings. The molecule has 0 aliphatic carbocycles. The number of sulfonamides is 1. The summed E-state index contributed by atoms with van der Waals surface area (Å²) in [5.74, 6) is 0. The topological polar surface area (TPSA) is 82.0 Å². The van der Waals surface area contributed by atoms with E-state index < -0.39 is 10.0 Å². The van der Waals surface area contributed by atoms with Gasteiger partial charge >= 0.3 is 0 Å². The molecule has 1 heterocycles. The maximum absolute atomic E-state index is 12.1. The summed E-state index contributed by atoms with van der Waals surface area (Å²) in [7, 11) is -3.45. The maximum Gasteiger partial charge on any atom is 0.240 e. The first kappa shape index (κ1) is 13.0. The van der Waals surface area contributed by atoms with Crippen LogP contribution in [-0.4, -0.2) is 27.5 Å². The van der Waals surface area contributed by atoms with Crippen LogP contribution in [-0.2, 0) is 16.4 Å². The number of nitrogens with one attached hydrogen (secondary N) is 2. The van der Waals surface area contributed by atoms with Gasteiger partial charge in [-0.2, -0.15) is 5.26 Å². The highest BCUT2D eigenvalue weighted by molar-refractivity contribution is 7.89. The minimum absolute atomic E-state index is 0.0335. The molecule has 0 spiro atoms. The lowest BCUT2D eigenvalue weighted by Gasteiger charge is -2.12. The molecule has 0 saturated carbocycles. The Hall–Kier alpha value is -1.42. The van der Waals surface area contributed by atoms with Crippen LogP contribution in [0.2, 0.25) is 0 Å². The lowest BCUT2D eigenvalue weighted by atomic mass is 10.2. The first-order chi connectivity index (χ1) is 8.62. The standard InChI is InChI=1S/C12H15N3O2S/c13-7-5-10-1-3-12(4-2-10)18(16,17)15-11-6-8-14-9-11/h1-4,11,14-15H,5-6,8-9H2/t11-/m1/s1. The average molecular weight is 265 g/mol. The van der Waals surface area contributed by atoms with E-state index in [0.29, 0.717) is 13.0 Å². The fraction of sp³-hybridized carbons (Fsp3) is 0.417. The predicted molar refractivity (Wildman–Crippen MR) is 67.4 cm³/mol. The largest absolute Gasteiger partial charge is 0.315 e. The Labute approximate surface area is 107 Å². The molecule has 1 atom stereocenters. The average Bonchev–Trinajstić information content (AvgIpc) is 2.82. The molecule has 6 heteroatoms. The molecule has 1 aromatic rings. The van der Waals surface area contributed by atoms with Crippen molar-refractivity contribution in [3.63, 3.8) is 0 Å². The number of rotatable bonds is 4. The number of hydrogen-bond donors (Lipinski definition) is 2. The van der Waals surface area contributed by atoms with Gasteiger partial charge in [-0.1, -0.05) is 12.1 Å². The molecule has 1 aromatic carbocycles. The molecule has 1 saturated heterocycles. The molecule has 0 radical (unpaired) electrons. The van der Waals surface area contributed by atoms with Gasteiger partial charge in [0.25, 0.3) is 0 Å². The van der Waals surface area contributed by atoms with E-state index in [0.717, 1.165) is 18.5 Å². The Morgan fingerprint density at radius 1 is 1.39 bits per heavy atom. The highest BCUT2D eigenvalue weighted by atomic mass is 32.2. The Morgan fingerprint density at radius 2 is 2.11 bits per heavy atom. The van der Waals surface area contributed by atoms with Gasteiger partial charge in [-0.25, -0.2) is 13.1 Å². The van der Waals surface area contributed by atoms with Crippen molar-refractivity contribution in [2.24, 2.45) is 0 Å². The van der Waals surface area contributed by atoms with Gasteiger partial charge in [-0.05, 0) is 30.7 Å². The van der Waals surface area contributed by atoms with Crippen LogP contribution in [0.15, 0.2) is 29.2 Å². The van der Waals surface area contributed by atoms with Crippen molar-refractivity contribution < 1.29 is 8.42 Å². The fourth-order valence-corrected chi connectivity index (χ4v) is 3.19. The summed E-state index contributed by atoms with van der Waals surface area (Å²) in [6.45, 7) is 1.51. The van der Waals surface area contributed by atoms with Crippen molar-refractivity contribution in [1.82, 2.24) is 10.0 Å². The summed E-state index contributed by atoms with van der Waals surface area (Å²) in [6.07, 6.45) is 1.10. The minimum atomic E-state index is -3.45. The number of benzene rings is 1. The van der Waals surface area contributed by atoms with Crippen LogP contribution in [0.3, 0.4) is 0 Å². The van der Waals surface area contributed by atoms with Gasteiger partial charge in [-0.3, -0.25) is 0 Å². The van der Waals surface area contributed by atoms with Gasteiger partial charge in [0.05, 0.1) is 17.4 Å². The third kappa shape index (κ3) is 3.07. The Balaban J connectivity index is 2.11. The van der Waals surface area contributed by atoms with Gasteiger partial charge in [0.15, 0.2) is 0 Å². The summed E-state index contributed by atoms with van der Waals surface area (Å²) in [5, 5.41) is 11.7. The van der Waals surface area contributed by atoms with Crippen molar-refractivity contribution in [3.05, 3.63) is 29.8 Å². The molecular weight excluding hydrogens is 250 g/mol. The Kier molecular flexibility index (Phi) is 3.97. The van der Waals surface area contributed by atoms with Crippen molar-refractivity contribution >= 4 is 10.0 Å². The molecule has 1 aliphatic heterocycles. The SMILES string of the molecule is N#CCc1ccc(S(=O)(=O)N[C@@H]2CCNC2)cc1. The zero-order chi connectivity index (χ0) is 13.0. The molecule has 0 unspecified atom stereocenters. The van der Waals surface area contributed by atoms with Crippen molar-refractivity contribution in [1.29, 1.82) is 5.26 Å². The van der Waals surface area contributed by atoms with Crippen LogP contribution < -0.4 is 10.0 Å². The van der Waals surface area contributed by atoms with Crippen LogP contribution in [0.4, 0.5) is 0 Å². The second kappa shape index (κ2) is 5.48. The Bertz CT molecular complexity index is 540. The first-order valence-electron chi connectivity index (χ1n) is 5.81. The summed E-state index contributed by atoms with van der Waals surface area (Å²) < 4.78 is 26.8. The van der Waals surface area contributed by atoms with Crippen LogP contribution in [0.25, 0.3) is 0 Å². The van der Waals surface area contributed by atoms with Gasteiger partial charge in [0, 0.05) is 12.6 Å². The molecule has 0 bridgehead atoms. The summed E-state index contributed by atoms with van der Waals surface area (Å²) in [5.41, 5.74) is 0.819. The fourth-order valence-electron chi connectivity index (χ4n) is 1.92. The second-order valence-electron chi connectivity index (χ2n) is 4.29. The lowest BCUT2D eigenvalue weighted by Crippen LogP contribution is -2.36. The minimum Gasteiger partial charge on any atom is -0.315 e. The third-order valence-corrected chi connectivity index (χ3v) is 4.44. The van der Waals surface area contributed by atoms with Crippen LogP contribution in [0.1, 0.15) is 12.0 Å². The van der Waals surface area contributed by atoms with Crippen LogP contribution in [0.5, 0.6) is 0 Å². The maximum atomic E-state index is 12.1. The van der Waals surface area contributed by atoms with Gasteiger partial charge in [-0.15, -0.1) is 0 Å². The molecule has 0 amide bonds. The molecule has 2 rings (SSSR count). The zero-order valence-electron chi connectivity index (χ0n) is 9.89. The van der Waals surface area contributed by atoms with Gasteiger partial charge < -0.3 is 5.32 Å². The normalized spacial score (nSPS) is 19.6. The van der Waals surface area contributed by atoms with E-state index in [9.17, 15) is 8.42 Å². The molecule has 1 aliphatic rings. The first-order valence-corrected chi connectivity index (χ1v) is 7.29. The quantitative estimate of drug-likeness (QED) is 0.825. The van der Waals surface area contributed by atoms with E-state index in [2.05, 4.69) is 10.0 Å². The van der Waals surface area contributed by atoms with Crippen molar-refractivity contribution in [3.8, 4) is 6.07 Å². The van der Waals surface area contributed by atoms with E-state index in [1.165, 1.54) is 12.1 Å². The van der Waals surface area contributed by atoms with Gasteiger partial charge in [0.2, 0.25) is 10.0 Å². The molecule has 2 N–H and O–H groups in total. The van der Waals surface area contributed by atoms with Crippen molar-refractivity contribution in [2.45, 2.75) is 23.8 Å². The lowest BCUT2D eigenvalue weighted by molar-refractivity contribution is 0.560. The van der Waals surface area contributed by atoms with E-state index >= 15 is 0 Å². The van der Waals surface area contributed by atoms with E-state index in [1.54, 1.807) is 12.1 Å². The Morgan fingerprint density at radius 3 is 2.67 bits per heavy atom.